The van der Waals surface area contributed by atoms with E-state index < -0.39 is 0 Å². The van der Waals surface area contributed by atoms with Crippen molar-refractivity contribution in [3.05, 3.63) is 35.4 Å². The van der Waals surface area contributed by atoms with Gasteiger partial charge in [-0.25, -0.2) is 0 Å². The monoisotopic (exact) mass is 205 g/mol. The molecule has 84 valence electrons. The van der Waals surface area contributed by atoms with E-state index in [-0.39, 0.29) is 0 Å². The van der Waals surface area contributed by atoms with Crippen LogP contribution in [-0.2, 0) is 0 Å². The Kier molecular flexibility index (Phi) is 4.83. The number of nitrogens with one attached hydrogen (secondary N) is 1. The fraction of sp³-hybridized carbons (Fsp3) is 0.571. The van der Waals surface area contributed by atoms with Crippen LogP contribution in [0, 0.1) is 6.92 Å². The molecular weight excluding hydrogens is 182 g/mol. The topological polar surface area (TPSA) is 12.0 Å². The molecule has 0 aliphatic heterocycles. The van der Waals surface area contributed by atoms with Crippen LogP contribution in [0.15, 0.2) is 24.3 Å². The van der Waals surface area contributed by atoms with Crippen molar-refractivity contribution in [2.45, 2.75) is 52.6 Å². The summed E-state index contributed by atoms with van der Waals surface area (Å²) in [5.74, 6) is 0. The van der Waals surface area contributed by atoms with Gasteiger partial charge in [-0.1, -0.05) is 43.7 Å². The van der Waals surface area contributed by atoms with Crippen LogP contribution in [0.1, 0.15) is 50.8 Å². The lowest BCUT2D eigenvalue weighted by Gasteiger charge is -2.22. The third kappa shape index (κ3) is 3.67. The molecule has 1 rings (SSSR count). The smallest absolute Gasteiger partial charge is 0.0319 e. The standard InChI is InChI=1S/C14H23N/c1-5-12(4)15-14(6-2)13-9-7-11(3)8-10-13/h7-10,12,14-15H,5-6H2,1-4H3. The van der Waals surface area contributed by atoms with Gasteiger partial charge < -0.3 is 5.32 Å². The second-order valence-corrected chi connectivity index (χ2v) is 4.35. The largest absolute Gasteiger partial charge is 0.307 e. The summed E-state index contributed by atoms with van der Waals surface area (Å²) in [4.78, 5) is 0. The lowest BCUT2D eigenvalue weighted by atomic mass is 10.0. The highest BCUT2D eigenvalue weighted by Gasteiger charge is 2.10. The minimum Gasteiger partial charge on any atom is -0.307 e. The normalized spacial score (nSPS) is 14.9. The Labute approximate surface area is 93.9 Å². The van der Waals surface area contributed by atoms with Crippen LogP contribution >= 0.6 is 0 Å². The highest BCUT2D eigenvalue weighted by molar-refractivity contribution is 5.24. The number of hydrogen-bond acceptors (Lipinski definition) is 1. The average Bonchev–Trinajstić information content (AvgIpc) is 2.27. The second kappa shape index (κ2) is 5.92. The van der Waals surface area contributed by atoms with E-state index in [4.69, 9.17) is 0 Å². The summed E-state index contributed by atoms with van der Waals surface area (Å²) in [7, 11) is 0. The van der Waals surface area contributed by atoms with Gasteiger partial charge in [0.2, 0.25) is 0 Å². The van der Waals surface area contributed by atoms with Gasteiger partial charge in [-0.15, -0.1) is 0 Å². The Balaban J connectivity index is 2.69. The molecule has 1 aromatic carbocycles. The maximum atomic E-state index is 3.65. The van der Waals surface area contributed by atoms with Gasteiger partial charge in [0.1, 0.15) is 0 Å². The zero-order valence-corrected chi connectivity index (χ0v) is 10.4. The molecule has 1 aromatic rings. The number of rotatable bonds is 5. The third-order valence-electron chi connectivity index (χ3n) is 2.99. The first-order chi connectivity index (χ1) is 7.17. The van der Waals surface area contributed by atoms with Gasteiger partial charge in [0, 0.05) is 12.1 Å². The molecule has 1 nitrogen and oxygen atoms in total. The summed E-state index contributed by atoms with van der Waals surface area (Å²) in [6.45, 7) is 8.84. The zero-order chi connectivity index (χ0) is 11.3. The molecule has 0 radical (unpaired) electrons. The molecule has 0 aliphatic rings. The van der Waals surface area contributed by atoms with Gasteiger partial charge >= 0.3 is 0 Å². The van der Waals surface area contributed by atoms with Crippen molar-refractivity contribution in [2.24, 2.45) is 0 Å². The van der Waals surface area contributed by atoms with Crippen LogP contribution < -0.4 is 5.32 Å². The van der Waals surface area contributed by atoms with Gasteiger partial charge in [-0.2, -0.15) is 0 Å². The summed E-state index contributed by atoms with van der Waals surface area (Å²) >= 11 is 0. The van der Waals surface area contributed by atoms with Crippen LogP contribution in [0.3, 0.4) is 0 Å². The van der Waals surface area contributed by atoms with Crippen molar-refractivity contribution < 1.29 is 0 Å². The molecule has 15 heavy (non-hydrogen) atoms. The van der Waals surface area contributed by atoms with Crippen molar-refractivity contribution in [2.75, 3.05) is 0 Å². The second-order valence-electron chi connectivity index (χ2n) is 4.35. The van der Waals surface area contributed by atoms with Gasteiger partial charge in [0.15, 0.2) is 0 Å². The van der Waals surface area contributed by atoms with Crippen molar-refractivity contribution in [3.8, 4) is 0 Å². The number of aryl methyl sites for hydroxylation is 1. The Morgan fingerprint density at radius 3 is 2.13 bits per heavy atom. The summed E-state index contributed by atoms with van der Waals surface area (Å²) in [6, 6.07) is 9.95. The molecule has 0 saturated carbocycles. The molecule has 2 atom stereocenters. The van der Waals surface area contributed by atoms with E-state index in [1.54, 1.807) is 0 Å². The average molecular weight is 205 g/mol. The Morgan fingerprint density at radius 1 is 1.07 bits per heavy atom. The molecular formula is C14H23N. The van der Waals surface area contributed by atoms with E-state index in [9.17, 15) is 0 Å². The zero-order valence-electron chi connectivity index (χ0n) is 10.4. The predicted octanol–water partition coefficient (Wildman–Crippen LogP) is 3.83. The van der Waals surface area contributed by atoms with Crippen molar-refractivity contribution in [1.29, 1.82) is 0 Å². The van der Waals surface area contributed by atoms with E-state index in [0.717, 1.165) is 6.42 Å². The molecule has 0 aromatic heterocycles. The van der Waals surface area contributed by atoms with Crippen LogP contribution in [0.5, 0.6) is 0 Å². The van der Waals surface area contributed by atoms with Gasteiger partial charge in [-0.05, 0) is 32.3 Å². The molecule has 0 fully saturated rings. The molecule has 1 N–H and O–H groups in total. The van der Waals surface area contributed by atoms with Gasteiger partial charge in [0.25, 0.3) is 0 Å². The quantitative estimate of drug-likeness (QED) is 0.770. The van der Waals surface area contributed by atoms with E-state index in [0.29, 0.717) is 12.1 Å². The predicted molar refractivity (Wildman–Crippen MR) is 67.1 cm³/mol. The molecule has 2 unspecified atom stereocenters. The minimum absolute atomic E-state index is 0.501. The Bertz CT molecular complexity index is 276. The fourth-order valence-electron chi connectivity index (χ4n) is 1.71. The maximum absolute atomic E-state index is 3.65. The highest BCUT2D eigenvalue weighted by Crippen LogP contribution is 2.18. The Morgan fingerprint density at radius 2 is 1.67 bits per heavy atom. The van der Waals surface area contributed by atoms with Crippen molar-refractivity contribution in [3.63, 3.8) is 0 Å². The Hall–Kier alpha value is -0.820. The van der Waals surface area contributed by atoms with Crippen LogP contribution in [-0.4, -0.2) is 6.04 Å². The maximum Gasteiger partial charge on any atom is 0.0319 e. The van der Waals surface area contributed by atoms with Crippen LogP contribution in [0.2, 0.25) is 0 Å². The lowest BCUT2D eigenvalue weighted by Crippen LogP contribution is -2.29. The van der Waals surface area contributed by atoms with E-state index in [1.165, 1.54) is 17.5 Å². The summed E-state index contributed by atoms with van der Waals surface area (Å²) in [5.41, 5.74) is 2.74. The molecule has 0 bridgehead atoms. The molecule has 0 aliphatic carbocycles. The van der Waals surface area contributed by atoms with Crippen LogP contribution in [0.4, 0.5) is 0 Å². The summed E-state index contributed by atoms with van der Waals surface area (Å²) < 4.78 is 0. The van der Waals surface area contributed by atoms with Gasteiger partial charge in [-0.3, -0.25) is 0 Å². The molecule has 0 amide bonds. The minimum atomic E-state index is 0.501. The van der Waals surface area contributed by atoms with E-state index in [1.807, 2.05) is 0 Å². The molecule has 1 heteroatoms. The van der Waals surface area contributed by atoms with E-state index in [2.05, 4.69) is 57.3 Å². The SMILES string of the molecule is CCC(C)NC(CC)c1ccc(C)cc1. The lowest BCUT2D eigenvalue weighted by molar-refractivity contribution is 0.437. The molecule has 0 spiro atoms. The first-order valence-electron chi connectivity index (χ1n) is 6.00. The first kappa shape index (κ1) is 12.3. The van der Waals surface area contributed by atoms with Crippen LogP contribution in [0.25, 0.3) is 0 Å². The molecule has 0 saturated heterocycles. The first-order valence-corrected chi connectivity index (χ1v) is 6.00. The summed E-state index contributed by atoms with van der Waals surface area (Å²) in [6.07, 6.45) is 2.33. The van der Waals surface area contributed by atoms with Gasteiger partial charge in [0.05, 0.1) is 0 Å². The van der Waals surface area contributed by atoms with Crippen molar-refractivity contribution >= 4 is 0 Å². The van der Waals surface area contributed by atoms with E-state index >= 15 is 0 Å². The number of benzene rings is 1. The number of hydrogen-bond donors (Lipinski definition) is 1. The van der Waals surface area contributed by atoms with Crippen molar-refractivity contribution in [1.82, 2.24) is 5.32 Å². The molecule has 0 heterocycles. The summed E-state index contributed by atoms with van der Waals surface area (Å²) in [5, 5.41) is 3.65. The fourth-order valence-corrected chi connectivity index (χ4v) is 1.71. The highest BCUT2D eigenvalue weighted by atomic mass is 14.9. The third-order valence-corrected chi connectivity index (χ3v) is 2.99.